The quantitative estimate of drug-likeness (QED) is 0.855. The lowest BCUT2D eigenvalue weighted by molar-refractivity contribution is 0.597. The van der Waals surface area contributed by atoms with E-state index in [2.05, 4.69) is 4.72 Å². The number of primary sulfonamides is 1. The minimum atomic E-state index is -3.91. The molecule has 0 atom stereocenters. The molecule has 0 unspecified atom stereocenters. The normalized spacial score (nSPS) is 12.4. The zero-order valence-corrected chi connectivity index (χ0v) is 11.2. The van der Waals surface area contributed by atoms with Crippen molar-refractivity contribution in [3.8, 4) is 0 Å². The fourth-order valence-corrected chi connectivity index (χ4v) is 2.77. The van der Waals surface area contributed by atoms with Crippen LogP contribution in [-0.2, 0) is 20.0 Å². The van der Waals surface area contributed by atoms with Crippen LogP contribution in [0, 0.1) is 0 Å². The van der Waals surface area contributed by atoms with Crippen LogP contribution in [0.3, 0.4) is 0 Å². The Hall–Kier alpha value is -0.830. The van der Waals surface area contributed by atoms with Crippen LogP contribution in [0.4, 0.5) is 5.69 Å². The smallest absolute Gasteiger partial charge is 0.239 e. The van der Waals surface area contributed by atoms with Gasteiger partial charge in [-0.3, -0.25) is 4.72 Å². The van der Waals surface area contributed by atoms with Gasteiger partial charge in [-0.25, -0.2) is 22.0 Å². The summed E-state index contributed by atoms with van der Waals surface area (Å²) in [5.41, 5.74) is 0.184. The molecule has 0 aliphatic rings. The van der Waals surface area contributed by atoms with Gasteiger partial charge in [0.2, 0.25) is 20.0 Å². The summed E-state index contributed by atoms with van der Waals surface area (Å²) in [6, 6.07) is 3.61. The Bertz CT molecular complexity index is 625. The number of nitrogens with one attached hydrogen (secondary N) is 1. The molecule has 0 fully saturated rings. The van der Waals surface area contributed by atoms with Crippen molar-refractivity contribution in [3.63, 3.8) is 0 Å². The first-order valence-corrected chi connectivity index (χ1v) is 8.06. The third-order valence-electron chi connectivity index (χ3n) is 1.89. The molecule has 6 nitrogen and oxygen atoms in total. The van der Waals surface area contributed by atoms with E-state index in [9.17, 15) is 16.8 Å². The van der Waals surface area contributed by atoms with Crippen LogP contribution in [0.5, 0.6) is 0 Å². The van der Waals surface area contributed by atoms with Crippen LogP contribution in [0.1, 0.15) is 6.92 Å². The minimum Gasteiger partial charge on any atom is -0.284 e. The van der Waals surface area contributed by atoms with Crippen LogP contribution in [0.2, 0.25) is 5.02 Å². The summed E-state index contributed by atoms with van der Waals surface area (Å²) in [4.78, 5) is -0.251. The first-order valence-electron chi connectivity index (χ1n) is 4.48. The zero-order valence-electron chi connectivity index (χ0n) is 8.84. The monoisotopic (exact) mass is 298 g/mol. The van der Waals surface area contributed by atoms with E-state index in [0.717, 1.165) is 6.07 Å². The summed E-state index contributed by atoms with van der Waals surface area (Å²) in [7, 11) is -7.34. The third kappa shape index (κ3) is 3.84. The maximum atomic E-state index is 11.3. The van der Waals surface area contributed by atoms with Crippen LogP contribution < -0.4 is 9.86 Å². The fraction of sp³-hybridized carbons (Fsp3) is 0.250. The molecule has 0 amide bonds. The van der Waals surface area contributed by atoms with Crippen molar-refractivity contribution >= 4 is 37.3 Å². The Morgan fingerprint density at radius 1 is 1.29 bits per heavy atom. The summed E-state index contributed by atoms with van der Waals surface area (Å²) in [5.74, 6) is -0.0957. The Labute approximate surface area is 105 Å². The lowest BCUT2D eigenvalue weighted by atomic mass is 10.3. The van der Waals surface area contributed by atoms with Crippen LogP contribution in [-0.4, -0.2) is 22.6 Å². The predicted molar refractivity (Wildman–Crippen MR) is 65.9 cm³/mol. The third-order valence-corrected chi connectivity index (χ3v) is 4.59. The van der Waals surface area contributed by atoms with Gasteiger partial charge in [0.05, 0.1) is 16.5 Å². The van der Waals surface area contributed by atoms with Crippen molar-refractivity contribution in [1.82, 2.24) is 0 Å². The van der Waals surface area contributed by atoms with Gasteiger partial charge >= 0.3 is 0 Å². The van der Waals surface area contributed by atoms with Gasteiger partial charge in [-0.2, -0.15) is 0 Å². The highest BCUT2D eigenvalue weighted by atomic mass is 35.5. The molecule has 0 aromatic heterocycles. The molecule has 0 aliphatic heterocycles. The van der Waals surface area contributed by atoms with Crippen molar-refractivity contribution in [2.45, 2.75) is 11.8 Å². The van der Waals surface area contributed by atoms with Gasteiger partial charge in [0.15, 0.2) is 0 Å². The van der Waals surface area contributed by atoms with Gasteiger partial charge in [-0.1, -0.05) is 11.6 Å². The van der Waals surface area contributed by atoms with Crippen molar-refractivity contribution < 1.29 is 16.8 Å². The fourth-order valence-electron chi connectivity index (χ4n) is 1.05. The largest absolute Gasteiger partial charge is 0.284 e. The predicted octanol–water partition coefficient (Wildman–Crippen LogP) is 0.749. The summed E-state index contributed by atoms with van der Waals surface area (Å²) in [5, 5.41) is 4.77. The van der Waals surface area contributed by atoms with E-state index in [-0.39, 0.29) is 21.4 Å². The highest BCUT2D eigenvalue weighted by Crippen LogP contribution is 2.24. The van der Waals surface area contributed by atoms with Crippen molar-refractivity contribution in [3.05, 3.63) is 23.2 Å². The molecule has 96 valence electrons. The molecule has 17 heavy (non-hydrogen) atoms. The van der Waals surface area contributed by atoms with Gasteiger partial charge < -0.3 is 0 Å². The van der Waals surface area contributed by atoms with Gasteiger partial charge in [-0.15, -0.1) is 0 Å². The molecule has 0 radical (unpaired) electrons. The van der Waals surface area contributed by atoms with E-state index in [1.165, 1.54) is 19.1 Å². The molecule has 0 saturated heterocycles. The first kappa shape index (κ1) is 14.2. The second-order valence-corrected chi connectivity index (χ2v) is 7.14. The zero-order chi connectivity index (χ0) is 13.3. The van der Waals surface area contributed by atoms with E-state index in [4.69, 9.17) is 16.7 Å². The average molecular weight is 299 g/mol. The van der Waals surface area contributed by atoms with E-state index < -0.39 is 20.0 Å². The Morgan fingerprint density at radius 2 is 1.88 bits per heavy atom. The standard InChI is InChI=1S/C8H11ClN2O4S2/c1-2-16(12,13)11-6-3-4-8(7(9)5-6)17(10,14)15/h3-5,11H,2H2,1H3,(H2,10,14,15). The second-order valence-electron chi connectivity index (χ2n) is 3.20. The van der Waals surface area contributed by atoms with Crippen molar-refractivity contribution in [2.75, 3.05) is 10.5 Å². The molecule has 9 heteroatoms. The number of benzene rings is 1. The van der Waals surface area contributed by atoms with E-state index in [1.807, 2.05) is 0 Å². The number of halogens is 1. The number of hydrogen-bond acceptors (Lipinski definition) is 4. The van der Waals surface area contributed by atoms with Crippen LogP contribution in [0.15, 0.2) is 23.1 Å². The Kier molecular flexibility index (Phi) is 4.03. The molecule has 1 rings (SSSR count). The second kappa shape index (κ2) is 4.81. The van der Waals surface area contributed by atoms with Gasteiger partial charge in [0.25, 0.3) is 0 Å². The van der Waals surface area contributed by atoms with Gasteiger partial charge in [0, 0.05) is 0 Å². The molecular weight excluding hydrogens is 288 g/mol. The molecule has 1 aromatic carbocycles. The summed E-state index contributed by atoms with van der Waals surface area (Å²) >= 11 is 5.69. The highest BCUT2D eigenvalue weighted by molar-refractivity contribution is 7.92. The Morgan fingerprint density at radius 3 is 2.29 bits per heavy atom. The summed E-state index contributed by atoms with van der Waals surface area (Å²) in [6.07, 6.45) is 0. The van der Waals surface area contributed by atoms with E-state index >= 15 is 0 Å². The number of sulfonamides is 2. The molecule has 3 N–H and O–H groups in total. The maximum absolute atomic E-state index is 11.3. The van der Waals surface area contributed by atoms with E-state index in [1.54, 1.807) is 0 Å². The number of rotatable bonds is 4. The van der Waals surface area contributed by atoms with Crippen LogP contribution in [0.25, 0.3) is 0 Å². The highest BCUT2D eigenvalue weighted by Gasteiger charge is 2.14. The summed E-state index contributed by atoms with van der Waals surface area (Å²) < 4.78 is 46.9. The molecule has 1 aromatic rings. The number of hydrogen-bond donors (Lipinski definition) is 2. The first-order chi connectivity index (χ1) is 7.65. The van der Waals surface area contributed by atoms with Crippen molar-refractivity contribution in [2.24, 2.45) is 5.14 Å². The molecule has 0 bridgehead atoms. The maximum Gasteiger partial charge on any atom is 0.239 e. The number of nitrogens with two attached hydrogens (primary N) is 1. The SMILES string of the molecule is CCS(=O)(=O)Nc1ccc(S(N)(=O)=O)c(Cl)c1. The molecule has 0 spiro atoms. The Balaban J connectivity index is 3.15. The lowest BCUT2D eigenvalue weighted by Gasteiger charge is -2.08. The minimum absolute atomic E-state index is 0.0957. The van der Waals surface area contributed by atoms with Gasteiger partial charge in [-0.05, 0) is 25.1 Å². The lowest BCUT2D eigenvalue weighted by Crippen LogP contribution is -2.15. The molecule has 0 saturated carbocycles. The van der Waals surface area contributed by atoms with E-state index in [0.29, 0.717) is 0 Å². The molecular formula is C8H11ClN2O4S2. The summed E-state index contributed by atoms with van der Waals surface area (Å²) in [6.45, 7) is 1.47. The van der Waals surface area contributed by atoms with Crippen LogP contribution >= 0.6 is 11.6 Å². The average Bonchev–Trinajstić information content (AvgIpc) is 2.15. The molecule has 0 aliphatic carbocycles. The topological polar surface area (TPSA) is 106 Å². The number of anilines is 1. The van der Waals surface area contributed by atoms with Crippen molar-refractivity contribution in [1.29, 1.82) is 0 Å². The molecule has 0 heterocycles. The van der Waals surface area contributed by atoms with Gasteiger partial charge in [0.1, 0.15) is 4.90 Å².